The molecule has 21 heavy (non-hydrogen) atoms. The Morgan fingerprint density at radius 3 is 2.90 bits per heavy atom. The summed E-state index contributed by atoms with van der Waals surface area (Å²) in [5.41, 5.74) is 2.46. The van der Waals surface area contributed by atoms with Gasteiger partial charge in [-0.25, -0.2) is 4.98 Å². The molecule has 1 aliphatic carbocycles. The molecule has 0 unspecified atom stereocenters. The van der Waals surface area contributed by atoms with Crippen molar-refractivity contribution in [2.75, 3.05) is 11.9 Å². The predicted octanol–water partition coefficient (Wildman–Crippen LogP) is 3.13. The molecule has 1 N–H and O–H groups in total. The monoisotopic (exact) mass is 285 g/mol. The highest BCUT2D eigenvalue weighted by Crippen LogP contribution is 2.21. The fourth-order valence-electron chi connectivity index (χ4n) is 2.38. The lowest BCUT2D eigenvalue weighted by Gasteiger charge is -2.19. The number of pyridine rings is 1. The second-order valence-electron chi connectivity index (χ2n) is 5.77. The maximum atomic E-state index is 5.42. The molecule has 3 rings (SSSR count). The van der Waals surface area contributed by atoms with E-state index in [9.17, 15) is 0 Å². The Labute approximate surface area is 126 Å². The smallest absolute Gasteiger partial charge is 0.129 e. The van der Waals surface area contributed by atoms with E-state index < -0.39 is 0 Å². The van der Waals surface area contributed by atoms with Gasteiger partial charge in [-0.05, 0) is 49.1 Å². The van der Waals surface area contributed by atoms with Crippen molar-refractivity contribution < 1.29 is 4.42 Å². The van der Waals surface area contributed by atoms with Crippen LogP contribution in [0.4, 0.5) is 5.82 Å². The number of aryl methyl sites for hydroxylation is 1. The molecule has 0 saturated heterocycles. The highest BCUT2D eigenvalue weighted by Gasteiger charge is 2.20. The first kappa shape index (κ1) is 14.1. The van der Waals surface area contributed by atoms with Crippen LogP contribution in [0.3, 0.4) is 0 Å². The van der Waals surface area contributed by atoms with Crippen molar-refractivity contribution >= 4 is 5.82 Å². The molecule has 1 saturated carbocycles. The molecule has 4 heteroatoms. The first-order valence-corrected chi connectivity index (χ1v) is 7.71. The molecular formula is C17H23N3O. The largest absolute Gasteiger partial charge is 0.467 e. The van der Waals surface area contributed by atoms with Crippen molar-refractivity contribution in [2.45, 2.75) is 45.3 Å². The fourth-order valence-corrected chi connectivity index (χ4v) is 2.38. The average molecular weight is 285 g/mol. The molecule has 0 spiro atoms. The second-order valence-corrected chi connectivity index (χ2v) is 5.77. The van der Waals surface area contributed by atoms with Gasteiger partial charge < -0.3 is 14.6 Å². The van der Waals surface area contributed by atoms with Crippen LogP contribution in [-0.4, -0.2) is 18.1 Å². The summed E-state index contributed by atoms with van der Waals surface area (Å²) >= 11 is 0. The Bertz CT molecular complexity index is 576. The SMILES string of the molecule is CCc1cc(CNC2CC2)cc(N(C)Cc2ccco2)n1. The van der Waals surface area contributed by atoms with E-state index >= 15 is 0 Å². The summed E-state index contributed by atoms with van der Waals surface area (Å²) < 4.78 is 5.42. The van der Waals surface area contributed by atoms with Crippen LogP contribution in [0, 0.1) is 0 Å². The minimum absolute atomic E-state index is 0.729. The predicted molar refractivity (Wildman–Crippen MR) is 84.3 cm³/mol. The van der Waals surface area contributed by atoms with Gasteiger partial charge in [-0.1, -0.05) is 6.92 Å². The molecule has 2 aromatic heterocycles. The molecule has 2 aromatic rings. The Balaban J connectivity index is 1.73. The van der Waals surface area contributed by atoms with Gasteiger partial charge in [0, 0.05) is 25.3 Å². The Morgan fingerprint density at radius 1 is 1.38 bits per heavy atom. The van der Waals surface area contributed by atoms with Crippen molar-refractivity contribution in [1.29, 1.82) is 0 Å². The van der Waals surface area contributed by atoms with Crippen LogP contribution in [0.25, 0.3) is 0 Å². The Hall–Kier alpha value is -1.81. The van der Waals surface area contributed by atoms with Crippen LogP contribution in [0.1, 0.15) is 36.8 Å². The van der Waals surface area contributed by atoms with Crippen LogP contribution < -0.4 is 10.2 Å². The molecule has 0 atom stereocenters. The summed E-state index contributed by atoms with van der Waals surface area (Å²) in [4.78, 5) is 6.87. The highest BCUT2D eigenvalue weighted by atomic mass is 16.3. The van der Waals surface area contributed by atoms with E-state index in [-0.39, 0.29) is 0 Å². The number of aromatic nitrogens is 1. The lowest BCUT2D eigenvalue weighted by molar-refractivity contribution is 0.507. The van der Waals surface area contributed by atoms with Gasteiger partial charge in [-0.3, -0.25) is 0 Å². The molecule has 4 nitrogen and oxygen atoms in total. The van der Waals surface area contributed by atoms with Gasteiger partial charge in [-0.15, -0.1) is 0 Å². The lowest BCUT2D eigenvalue weighted by Crippen LogP contribution is -2.20. The van der Waals surface area contributed by atoms with Crippen molar-refractivity contribution in [3.05, 3.63) is 47.5 Å². The normalized spacial score (nSPS) is 14.4. The van der Waals surface area contributed by atoms with Crippen molar-refractivity contribution in [1.82, 2.24) is 10.3 Å². The van der Waals surface area contributed by atoms with Crippen molar-refractivity contribution in [3.63, 3.8) is 0 Å². The number of hydrogen-bond acceptors (Lipinski definition) is 4. The summed E-state index contributed by atoms with van der Waals surface area (Å²) in [6, 6.07) is 9.03. The number of anilines is 1. The van der Waals surface area contributed by atoms with Crippen molar-refractivity contribution in [3.8, 4) is 0 Å². The van der Waals surface area contributed by atoms with Gasteiger partial charge >= 0.3 is 0 Å². The highest BCUT2D eigenvalue weighted by molar-refractivity contribution is 5.42. The van der Waals surface area contributed by atoms with E-state index in [1.165, 1.54) is 18.4 Å². The third kappa shape index (κ3) is 3.85. The van der Waals surface area contributed by atoms with E-state index in [1.54, 1.807) is 6.26 Å². The van der Waals surface area contributed by atoms with E-state index in [4.69, 9.17) is 9.40 Å². The quantitative estimate of drug-likeness (QED) is 0.848. The fraction of sp³-hybridized carbons (Fsp3) is 0.471. The molecule has 0 bridgehead atoms. The maximum absolute atomic E-state index is 5.42. The summed E-state index contributed by atoms with van der Waals surface area (Å²) in [6.45, 7) is 3.82. The topological polar surface area (TPSA) is 41.3 Å². The third-order valence-corrected chi connectivity index (χ3v) is 3.82. The number of rotatable bonds is 7. The van der Waals surface area contributed by atoms with Gasteiger partial charge in [0.05, 0.1) is 12.8 Å². The molecule has 1 fully saturated rings. The van der Waals surface area contributed by atoms with E-state index in [0.717, 1.165) is 42.8 Å². The first-order valence-electron chi connectivity index (χ1n) is 7.71. The van der Waals surface area contributed by atoms with E-state index in [2.05, 4.69) is 36.3 Å². The molecule has 112 valence electrons. The zero-order chi connectivity index (χ0) is 14.7. The van der Waals surface area contributed by atoms with Gasteiger partial charge in [0.1, 0.15) is 11.6 Å². The molecule has 1 aliphatic rings. The maximum Gasteiger partial charge on any atom is 0.129 e. The summed E-state index contributed by atoms with van der Waals surface area (Å²) in [7, 11) is 2.06. The second kappa shape index (κ2) is 6.31. The van der Waals surface area contributed by atoms with Gasteiger partial charge in [0.25, 0.3) is 0 Å². The zero-order valence-corrected chi connectivity index (χ0v) is 12.8. The number of nitrogens with zero attached hydrogens (tertiary/aromatic N) is 2. The summed E-state index contributed by atoms with van der Waals surface area (Å²) in [5, 5.41) is 3.57. The van der Waals surface area contributed by atoms with E-state index in [1.807, 2.05) is 12.1 Å². The minimum Gasteiger partial charge on any atom is -0.467 e. The van der Waals surface area contributed by atoms with Gasteiger partial charge in [0.15, 0.2) is 0 Å². The third-order valence-electron chi connectivity index (χ3n) is 3.82. The van der Waals surface area contributed by atoms with E-state index in [0.29, 0.717) is 0 Å². The average Bonchev–Trinajstić information content (AvgIpc) is 3.20. The van der Waals surface area contributed by atoms with Gasteiger partial charge in [-0.2, -0.15) is 0 Å². The van der Waals surface area contributed by atoms with Crippen molar-refractivity contribution in [2.24, 2.45) is 0 Å². The standard InChI is InChI=1S/C17H23N3O/c1-3-14-9-13(11-18-15-6-7-15)10-17(19-14)20(2)12-16-5-4-8-21-16/h4-5,8-10,15,18H,3,6-7,11-12H2,1-2H3. The molecule has 0 aliphatic heterocycles. The molecule has 2 heterocycles. The Morgan fingerprint density at radius 2 is 2.24 bits per heavy atom. The van der Waals surface area contributed by atoms with Crippen LogP contribution in [0.15, 0.2) is 34.9 Å². The number of nitrogens with one attached hydrogen (secondary N) is 1. The molecule has 0 amide bonds. The molecular weight excluding hydrogens is 262 g/mol. The summed E-state index contributed by atoms with van der Waals surface area (Å²) in [5.74, 6) is 1.97. The lowest BCUT2D eigenvalue weighted by atomic mass is 10.2. The molecule has 0 aromatic carbocycles. The molecule has 0 radical (unpaired) electrons. The summed E-state index contributed by atoms with van der Waals surface area (Å²) in [6.07, 6.45) is 5.30. The first-order chi connectivity index (χ1) is 10.2. The number of furan rings is 1. The minimum atomic E-state index is 0.729. The van der Waals surface area contributed by atoms with Crippen LogP contribution in [-0.2, 0) is 19.5 Å². The number of hydrogen-bond donors (Lipinski definition) is 1. The van der Waals surface area contributed by atoms with Crippen LogP contribution in [0.2, 0.25) is 0 Å². The van der Waals surface area contributed by atoms with Crippen LogP contribution >= 0.6 is 0 Å². The zero-order valence-electron chi connectivity index (χ0n) is 12.8. The van der Waals surface area contributed by atoms with Crippen LogP contribution in [0.5, 0.6) is 0 Å². The van der Waals surface area contributed by atoms with Gasteiger partial charge in [0.2, 0.25) is 0 Å². The Kier molecular flexibility index (Phi) is 4.25.